The first kappa shape index (κ1) is 25.1. The van der Waals surface area contributed by atoms with Gasteiger partial charge >= 0.3 is 0 Å². The molecule has 170 valence electrons. The van der Waals surface area contributed by atoms with Crippen molar-refractivity contribution in [1.82, 2.24) is 4.90 Å². The molecule has 1 saturated heterocycles. The SMILES string of the molecule is C=C(C=N/C=C\C(C)CC)C1CCC(CC)N1C(=O)C1CCC1.OCc1ccccc1. The second kappa shape index (κ2) is 13.3. The molecule has 1 amide bonds. The number of hydrogen-bond acceptors (Lipinski definition) is 3. The van der Waals surface area contributed by atoms with Gasteiger partial charge in [-0.1, -0.05) is 76.6 Å². The fourth-order valence-electron chi connectivity index (χ4n) is 3.99. The number of hydrogen-bond donors (Lipinski definition) is 1. The first-order chi connectivity index (χ1) is 15.0. The highest BCUT2D eigenvalue weighted by atomic mass is 16.3. The summed E-state index contributed by atoms with van der Waals surface area (Å²) in [6.07, 6.45) is 13.4. The van der Waals surface area contributed by atoms with E-state index >= 15 is 0 Å². The number of carbonyl (C=O) groups excluding carboxylic acids is 1. The van der Waals surface area contributed by atoms with Crippen LogP contribution in [-0.4, -0.2) is 34.2 Å². The summed E-state index contributed by atoms with van der Waals surface area (Å²) in [4.78, 5) is 19.3. The van der Waals surface area contributed by atoms with E-state index in [-0.39, 0.29) is 18.6 Å². The number of aliphatic imine (C=N–C) groups is 1. The van der Waals surface area contributed by atoms with Crippen molar-refractivity contribution < 1.29 is 9.90 Å². The van der Waals surface area contributed by atoms with E-state index in [0.717, 1.165) is 49.7 Å². The summed E-state index contributed by atoms with van der Waals surface area (Å²) >= 11 is 0. The van der Waals surface area contributed by atoms with Crippen LogP contribution < -0.4 is 0 Å². The Hall–Kier alpha value is -2.20. The van der Waals surface area contributed by atoms with E-state index < -0.39 is 0 Å². The molecule has 1 aromatic rings. The third-order valence-electron chi connectivity index (χ3n) is 6.52. The fourth-order valence-corrected chi connectivity index (χ4v) is 3.99. The molecule has 4 nitrogen and oxygen atoms in total. The number of amides is 1. The zero-order chi connectivity index (χ0) is 22.6. The van der Waals surface area contributed by atoms with Crippen LogP contribution >= 0.6 is 0 Å². The average molecular weight is 425 g/mol. The van der Waals surface area contributed by atoms with Gasteiger partial charge in [0, 0.05) is 24.4 Å². The van der Waals surface area contributed by atoms with Crippen LogP contribution in [-0.2, 0) is 11.4 Å². The number of aliphatic hydroxyl groups excluding tert-OH is 1. The summed E-state index contributed by atoms with van der Waals surface area (Å²) < 4.78 is 0. The smallest absolute Gasteiger partial charge is 0.226 e. The van der Waals surface area contributed by atoms with E-state index in [1.807, 2.05) is 42.7 Å². The summed E-state index contributed by atoms with van der Waals surface area (Å²) in [5.74, 6) is 1.17. The number of nitrogens with zero attached hydrogens (tertiary/aromatic N) is 2. The molecule has 3 atom stereocenters. The van der Waals surface area contributed by atoms with Gasteiger partial charge in [-0.15, -0.1) is 0 Å². The molecule has 4 heteroatoms. The molecular formula is C27H40N2O2. The quantitative estimate of drug-likeness (QED) is 0.527. The van der Waals surface area contributed by atoms with Crippen LogP contribution in [0.5, 0.6) is 0 Å². The third kappa shape index (κ3) is 7.46. The zero-order valence-corrected chi connectivity index (χ0v) is 19.5. The van der Waals surface area contributed by atoms with Crippen LogP contribution in [0.1, 0.15) is 71.3 Å². The minimum absolute atomic E-state index is 0.140. The predicted octanol–water partition coefficient (Wildman–Crippen LogP) is 5.92. The molecule has 1 N–H and O–H groups in total. The first-order valence-corrected chi connectivity index (χ1v) is 11.9. The average Bonchev–Trinajstić information content (AvgIpc) is 3.20. The van der Waals surface area contributed by atoms with E-state index in [9.17, 15) is 4.79 Å². The number of allylic oxidation sites excluding steroid dienone is 1. The summed E-state index contributed by atoms with van der Waals surface area (Å²) in [5, 5.41) is 8.54. The van der Waals surface area contributed by atoms with Crippen LogP contribution in [0.2, 0.25) is 0 Å². The molecule has 1 heterocycles. The molecule has 2 aliphatic rings. The number of rotatable bonds is 8. The summed E-state index contributed by atoms with van der Waals surface area (Å²) in [6.45, 7) is 10.9. The first-order valence-electron chi connectivity index (χ1n) is 11.9. The Morgan fingerprint density at radius 3 is 2.45 bits per heavy atom. The van der Waals surface area contributed by atoms with Gasteiger partial charge in [0.1, 0.15) is 0 Å². The van der Waals surface area contributed by atoms with Gasteiger partial charge in [0.05, 0.1) is 12.6 Å². The highest BCUT2D eigenvalue weighted by Gasteiger charge is 2.40. The Labute approximate surface area is 188 Å². The fraction of sp³-hybridized carbons (Fsp3) is 0.556. The van der Waals surface area contributed by atoms with Crippen molar-refractivity contribution in [3.63, 3.8) is 0 Å². The van der Waals surface area contributed by atoms with E-state index in [1.54, 1.807) is 0 Å². The standard InChI is InChI=1S/C20H32N2O.C7H8O/c1-5-15(3)12-13-21-14-16(4)19-11-10-18(6-2)22(19)20(23)17-8-7-9-17;8-6-7-4-2-1-3-5-7/h12-15,17-19H,4-11H2,1-3H3;1-5,8H,6H2/b13-12-,21-14?;. The Balaban J connectivity index is 0.000000357. The summed E-state index contributed by atoms with van der Waals surface area (Å²) in [5.41, 5.74) is 1.94. The lowest BCUT2D eigenvalue weighted by Crippen LogP contribution is -2.46. The Morgan fingerprint density at radius 1 is 1.23 bits per heavy atom. The molecule has 0 radical (unpaired) electrons. The lowest BCUT2D eigenvalue weighted by atomic mass is 9.84. The number of benzene rings is 1. The molecule has 1 aliphatic carbocycles. The van der Waals surface area contributed by atoms with Crippen LogP contribution in [0.3, 0.4) is 0 Å². The van der Waals surface area contributed by atoms with Crippen molar-refractivity contribution in [3.8, 4) is 0 Å². The Bertz CT molecular complexity index is 737. The summed E-state index contributed by atoms with van der Waals surface area (Å²) in [6, 6.07) is 10.1. The van der Waals surface area contributed by atoms with Crippen molar-refractivity contribution in [2.45, 2.75) is 84.4 Å². The van der Waals surface area contributed by atoms with Crippen LogP contribution in [0.15, 0.2) is 59.8 Å². The number of carbonyl (C=O) groups is 1. The van der Waals surface area contributed by atoms with Gasteiger partial charge in [-0.2, -0.15) is 0 Å². The molecule has 0 aromatic heterocycles. The van der Waals surface area contributed by atoms with Crippen LogP contribution in [0, 0.1) is 11.8 Å². The Kier molecular flexibility index (Phi) is 10.7. The van der Waals surface area contributed by atoms with E-state index in [1.165, 1.54) is 6.42 Å². The van der Waals surface area contributed by atoms with Gasteiger partial charge in [0.25, 0.3) is 0 Å². The lowest BCUT2D eigenvalue weighted by molar-refractivity contribution is -0.140. The van der Waals surface area contributed by atoms with Crippen molar-refractivity contribution in [1.29, 1.82) is 0 Å². The van der Waals surface area contributed by atoms with E-state index in [4.69, 9.17) is 5.11 Å². The molecule has 2 fully saturated rings. The molecule has 0 bridgehead atoms. The highest BCUT2D eigenvalue weighted by Crippen LogP contribution is 2.36. The highest BCUT2D eigenvalue weighted by molar-refractivity contribution is 5.85. The molecule has 1 aromatic carbocycles. The van der Waals surface area contributed by atoms with Crippen molar-refractivity contribution >= 4 is 12.1 Å². The maximum atomic E-state index is 12.8. The third-order valence-corrected chi connectivity index (χ3v) is 6.52. The van der Waals surface area contributed by atoms with Gasteiger partial charge < -0.3 is 10.0 Å². The molecular weight excluding hydrogens is 384 g/mol. The van der Waals surface area contributed by atoms with Crippen molar-refractivity contribution in [3.05, 3.63) is 60.3 Å². The Morgan fingerprint density at radius 2 is 1.94 bits per heavy atom. The lowest BCUT2D eigenvalue weighted by Gasteiger charge is -2.36. The molecule has 1 aliphatic heterocycles. The van der Waals surface area contributed by atoms with Gasteiger partial charge in [-0.3, -0.25) is 9.79 Å². The van der Waals surface area contributed by atoms with Crippen LogP contribution in [0.4, 0.5) is 0 Å². The van der Waals surface area contributed by atoms with Gasteiger partial charge in [0.2, 0.25) is 5.91 Å². The monoisotopic (exact) mass is 424 g/mol. The topological polar surface area (TPSA) is 52.9 Å². The van der Waals surface area contributed by atoms with E-state index in [0.29, 0.717) is 17.9 Å². The number of likely N-dealkylation sites (tertiary alicyclic amines) is 1. The van der Waals surface area contributed by atoms with Crippen LogP contribution in [0.25, 0.3) is 0 Å². The second-order valence-corrected chi connectivity index (χ2v) is 8.75. The van der Waals surface area contributed by atoms with Gasteiger partial charge in [-0.25, -0.2) is 0 Å². The minimum Gasteiger partial charge on any atom is -0.392 e. The summed E-state index contributed by atoms with van der Waals surface area (Å²) in [7, 11) is 0. The number of aliphatic hydroxyl groups is 1. The largest absolute Gasteiger partial charge is 0.392 e. The van der Waals surface area contributed by atoms with E-state index in [2.05, 4.69) is 43.3 Å². The normalized spacial score (nSPS) is 22.3. The van der Waals surface area contributed by atoms with Gasteiger partial charge in [-0.05, 0) is 49.2 Å². The molecule has 31 heavy (non-hydrogen) atoms. The molecule has 3 unspecified atom stereocenters. The predicted molar refractivity (Wildman–Crippen MR) is 130 cm³/mol. The van der Waals surface area contributed by atoms with Crippen molar-refractivity contribution in [2.75, 3.05) is 0 Å². The molecule has 1 saturated carbocycles. The maximum absolute atomic E-state index is 12.8. The molecule has 3 rings (SSSR count). The van der Waals surface area contributed by atoms with Crippen molar-refractivity contribution in [2.24, 2.45) is 16.8 Å². The maximum Gasteiger partial charge on any atom is 0.226 e. The van der Waals surface area contributed by atoms with Gasteiger partial charge in [0.15, 0.2) is 0 Å². The molecule has 0 spiro atoms. The second-order valence-electron chi connectivity index (χ2n) is 8.75. The zero-order valence-electron chi connectivity index (χ0n) is 19.5. The minimum atomic E-state index is 0.140.